The summed E-state index contributed by atoms with van der Waals surface area (Å²) in [6.45, 7) is 0.419. The number of methoxy groups -OCH3 is 2. The summed E-state index contributed by atoms with van der Waals surface area (Å²) in [4.78, 5) is 25.8. The monoisotopic (exact) mass is 566 g/mol. The van der Waals surface area contributed by atoms with Crippen molar-refractivity contribution < 1.29 is 33.6 Å². The van der Waals surface area contributed by atoms with E-state index in [-0.39, 0.29) is 34.5 Å². The average molecular weight is 567 g/mol. The van der Waals surface area contributed by atoms with E-state index in [0.29, 0.717) is 35.7 Å². The number of ether oxygens (including phenoxy) is 3. The molecule has 0 amide bonds. The Hall–Kier alpha value is -5.24. The van der Waals surface area contributed by atoms with Crippen molar-refractivity contribution >= 4 is 16.9 Å². The number of hydrogen-bond acceptors (Lipinski definition) is 8. The SMILES string of the molecule is COC(=O)CC(c1ccc(OCCc2ccccc2)c(OC)c1)c1c(O)cc(O)c2c(=O)cc(-c3ccccc3)oc12. The van der Waals surface area contributed by atoms with Crippen molar-refractivity contribution in [2.45, 2.75) is 18.8 Å². The van der Waals surface area contributed by atoms with Crippen LogP contribution in [-0.2, 0) is 16.0 Å². The predicted octanol–water partition coefficient (Wildman–Crippen LogP) is 6.20. The first-order valence-electron chi connectivity index (χ1n) is 13.4. The van der Waals surface area contributed by atoms with E-state index in [0.717, 1.165) is 11.6 Å². The molecule has 2 N–H and O–H groups in total. The number of hydrogen-bond donors (Lipinski definition) is 2. The first-order chi connectivity index (χ1) is 20.4. The third kappa shape index (κ3) is 5.93. The van der Waals surface area contributed by atoms with Crippen molar-refractivity contribution in [1.82, 2.24) is 0 Å². The number of aromatic hydroxyl groups is 2. The third-order valence-electron chi connectivity index (χ3n) is 7.08. The zero-order valence-corrected chi connectivity index (χ0v) is 23.2. The van der Waals surface area contributed by atoms with Gasteiger partial charge in [-0.25, -0.2) is 0 Å². The van der Waals surface area contributed by atoms with E-state index in [4.69, 9.17) is 18.6 Å². The van der Waals surface area contributed by atoms with Crippen molar-refractivity contribution in [2.75, 3.05) is 20.8 Å². The normalized spacial score (nSPS) is 11.7. The van der Waals surface area contributed by atoms with Crippen LogP contribution in [0.1, 0.15) is 29.0 Å². The van der Waals surface area contributed by atoms with Crippen molar-refractivity contribution in [3.8, 4) is 34.3 Å². The predicted molar refractivity (Wildman–Crippen MR) is 158 cm³/mol. The summed E-state index contributed by atoms with van der Waals surface area (Å²) >= 11 is 0. The van der Waals surface area contributed by atoms with E-state index >= 15 is 0 Å². The van der Waals surface area contributed by atoms with Crippen LogP contribution in [0.15, 0.2) is 100 Å². The minimum Gasteiger partial charge on any atom is -0.507 e. The minimum absolute atomic E-state index is 0.0325. The Morgan fingerprint density at radius 1 is 0.857 bits per heavy atom. The summed E-state index contributed by atoms with van der Waals surface area (Å²) in [6.07, 6.45) is 0.507. The molecule has 0 fully saturated rings. The fourth-order valence-electron chi connectivity index (χ4n) is 4.98. The molecule has 8 nitrogen and oxygen atoms in total. The minimum atomic E-state index is -0.831. The number of fused-ring (bicyclic) bond motifs is 1. The summed E-state index contributed by atoms with van der Waals surface area (Å²) in [6, 6.07) is 26.5. The highest BCUT2D eigenvalue weighted by molar-refractivity contribution is 5.90. The molecule has 4 aromatic carbocycles. The van der Waals surface area contributed by atoms with E-state index in [9.17, 15) is 19.8 Å². The second-order valence-electron chi connectivity index (χ2n) is 9.70. The van der Waals surface area contributed by atoms with Crippen LogP contribution in [0.25, 0.3) is 22.3 Å². The van der Waals surface area contributed by atoms with Gasteiger partial charge in [-0.3, -0.25) is 9.59 Å². The molecule has 5 aromatic rings. The Morgan fingerprint density at radius 2 is 1.57 bits per heavy atom. The zero-order valence-electron chi connectivity index (χ0n) is 23.2. The lowest BCUT2D eigenvalue weighted by Gasteiger charge is -2.21. The highest BCUT2D eigenvalue weighted by Crippen LogP contribution is 2.44. The van der Waals surface area contributed by atoms with Gasteiger partial charge in [0.25, 0.3) is 0 Å². The molecular weight excluding hydrogens is 536 g/mol. The molecule has 0 radical (unpaired) electrons. The molecule has 8 heteroatoms. The van der Waals surface area contributed by atoms with Gasteiger partial charge in [0.15, 0.2) is 16.9 Å². The van der Waals surface area contributed by atoms with Gasteiger partial charge in [-0.1, -0.05) is 66.7 Å². The molecule has 0 aliphatic rings. The molecule has 42 heavy (non-hydrogen) atoms. The van der Waals surface area contributed by atoms with Gasteiger partial charge in [0.2, 0.25) is 0 Å². The maximum Gasteiger partial charge on any atom is 0.306 e. The van der Waals surface area contributed by atoms with E-state index in [1.165, 1.54) is 20.3 Å². The smallest absolute Gasteiger partial charge is 0.306 e. The molecule has 0 spiro atoms. The second-order valence-corrected chi connectivity index (χ2v) is 9.70. The summed E-state index contributed by atoms with van der Waals surface area (Å²) in [7, 11) is 2.78. The largest absolute Gasteiger partial charge is 0.507 e. The van der Waals surface area contributed by atoms with Crippen molar-refractivity contribution in [1.29, 1.82) is 0 Å². The molecule has 1 heterocycles. The average Bonchev–Trinajstić information content (AvgIpc) is 3.01. The molecule has 5 rings (SSSR count). The number of phenolic OH excluding ortho intramolecular Hbond substituents is 2. The van der Waals surface area contributed by atoms with E-state index in [1.807, 2.05) is 36.4 Å². The number of carbonyl (C=O) groups excluding carboxylic acids is 1. The Kier molecular flexibility index (Phi) is 8.43. The lowest BCUT2D eigenvalue weighted by molar-refractivity contribution is -0.140. The summed E-state index contributed by atoms with van der Waals surface area (Å²) in [5.74, 6) is -0.987. The van der Waals surface area contributed by atoms with Crippen LogP contribution in [0, 0.1) is 0 Å². The van der Waals surface area contributed by atoms with Gasteiger partial charge < -0.3 is 28.8 Å². The Labute approximate surface area is 242 Å². The van der Waals surface area contributed by atoms with Crippen molar-refractivity contribution in [3.05, 3.63) is 118 Å². The fraction of sp³-hybridized carbons (Fsp3) is 0.176. The lowest BCUT2D eigenvalue weighted by Crippen LogP contribution is -2.13. The molecule has 1 atom stereocenters. The first-order valence-corrected chi connectivity index (χ1v) is 13.4. The zero-order chi connectivity index (χ0) is 29.6. The molecule has 0 saturated heterocycles. The second kappa shape index (κ2) is 12.5. The Balaban J connectivity index is 1.60. The maximum absolute atomic E-state index is 13.2. The number of carbonyl (C=O) groups is 1. The number of phenols is 2. The highest BCUT2D eigenvalue weighted by Gasteiger charge is 2.29. The number of benzene rings is 4. The van der Waals surface area contributed by atoms with Crippen LogP contribution in [-0.4, -0.2) is 37.0 Å². The Bertz CT molecular complexity index is 1760. The molecule has 1 unspecified atom stereocenters. The molecule has 0 aliphatic carbocycles. The van der Waals surface area contributed by atoms with Crippen LogP contribution in [0.5, 0.6) is 23.0 Å². The van der Waals surface area contributed by atoms with Gasteiger partial charge >= 0.3 is 5.97 Å². The third-order valence-corrected chi connectivity index (χ3v) is 7.08. The van der Waals surface area contributed by atoms with Crippen molar-refractivity contribution in [2.24, 2.45) is 0 Å². The highest BCUT2D eigenvalue weighted by atomic mass is 16.5. The van der Waals surface area contributed by atoms with Crippen LogP contribution >= 0.6 is 0 Å². The van der Waals surface area contributed by atoms with E-state index in [2.05, 4.69) is 0 Å². The first kappa shape index (κ1) is 28.3. The van der Waals surface area contributed by atoms with Gasteiger partial charge in [-0.2, -0.15) is 0 Å². The molecule has 1 aromatic heterocycles. The maximum atomic E-state index is 13.2. The van der Waals surface area contributed by atoms with E-state index < -0.39 is 23.1 Å². The van der Waals surface area contributed by atoms with Gasteiger partial charge in [0.1, 0.15) is 28.2 Å². The van der Waals surface area contributed by atoms with Crippen LogP contribution < -0.4 is 14.9 Å². The van der Waals surface area contributed by atoms with Gasteiger partial charge in [0, 0.05) is 35.6 Å². The standard InChI is InChI=1S/C34H30O8/c1-39-30-17-23(13-14-28(30)41-16-15-21-9-5-3-6-10-21)24(18-31(38)40-2)32-25(35)19-26(36)33-27(37)20-29(42-34(32)33)22-11-7-4-8-12-22/h3-14,17,19-20,24,35-36H,15-16,18H2,1-2H3. The van der Waals surface area contributed by atoms with Crippen molar-refractivity contribution in [3.63, 3.8) is 0 Å². The van der Waals surface area contributed by atoms with E-state index in [1.54, 1.807) is 42.5 Å². The van der Waals surface area contributed by atoms with Gasteiger partial charge in [-0.05, 0) is 23.3 Å². The van der Waals surface area contributed by atoms with Gasteiger partial charge in [0.05, 0.1) is 27.2 Å². The summed E-state index contributed by atoms with van der Waals surface area (Å²) in [5.41, 5.74) is 1.97. The lowest BCUT2D eigenvalue weighted by atomic mass is 9.86. The van der Waals surface area contributed by atoms with Crippen LogP contribution in [0.3, 0.4) is 0 Å². The molecule has 0 saturated carbocycles. The molecular formula is C34H30O8. The Morgan fingerprint density at radius 3 is 2.26 bits per heavy atom. The molecule has 0 aliphatic heterocycles. The molecule has 0 bridgehead atoms. The van der Waals surface area contributed by atoms with Crippen LogP contribution in [0.2, 0.25) is 0 Å². The summed E-state index contributed by atoms with van der Waals surface area (Å²) < 4.78 is 22.8. The molecule has 214 valence electrons. The quantitative estimate of drug-likeness (QED) is 0.192. The number of esters is 1. The van der Waals surface area contributed by atoms with Gasteiger partial charge in [-0.15, -0.1) is 0 Å². The van der Waals surface area contributed by atoms with Crippen LogP contribution in [0.4, 0.5) is 0 Å². The fourth-order valence-corrected chi connectivity index (χ4v) is 4.98. The number of rotatable bonds is 10. The summed E-state index contributed by atoms with van der Waals surface area (Å²) in [5, 5.41) is 21.7. The topological polar surface area (TPSA) is 115 Å².